The SMILES string of the molecule is CCSC(SC)(SC)SCC. The summed E-state index contributed by atoms with van der Waals surface area (Å²) in [5.74, 6) is 2.41. The molecule has 0 bridgehead atoms. The smallest absolute Gasteiger partial charge is 0.126 e. The van der Waals surface area contributed by atoms with E-state index in [2.05, 4.69) is 26.4 Å². The van der Waals surface area contributed by atoms with Crippen LogP contribution in [0.2, 0.25) is 0 Å². The summed E-state index contributed by atoms with van der Waals surface area (Å²) in [5, 5.41) is 0. The summed E-state index contributed by atoms with van der Waals surface area (Å²) >= 11 is 7.99. The average molecular weight is 228 g/mol. The van der Waals surface area contributed by atoms with Gasteiger partial charge in [-0.05, 0) is 24.0 Å². The van der Waals surface area contributed by atoms with E-state index in [1.165, 1.54) is 11.5 Å². The second-order valence-corrected chi connectivity index (χ2v) is 8.32. The largest absolute Gasteiger partial charge is 0.153 e. The Balaban J connectivity index is 3.96. The minimum absolute atomic E-state index is 0.351. The summed E-state index contributed by atoms with van der Waals surface area (Å²) in [7, 11) is 0. The van der Waals surface area contributed by atoms with Gasteiger partial charge in [0.1, 0.15) is 0 Å². The van der Waals surface area contributed by atoms with E-state index in [1.807, 2.05) is 47.0 Å². The highest BCUT2D eigenvalue weighted by Crippen LogP contribution is 2.52. The lowest BCUT2D eigenvalue weighted by Crippen LogP contribution is -2.09. The summed E-state index contributed by atoms with van der Waals surface area (Å²) in [4.78, 5) is 0. The van der Waals surface area contributed by atoms with Gasteiger partial charge >= 0.3 is 0 Å². The van der Waals surface area contributed by atoms with Crippen molar-refractivity contribution in [1.82, 2.24) is 0 Å². The van der Waals surface area contributed by atoms with Crippen LogP contribution in [0.4, 0.5) is 0 Å². The van der Waals surface area contributed by atoms with Crippen molar-refractivity contribution in [3.63, 3.8) is 0 Å². The molecule has 4 heteroatoms. The average Bonchev–Trinajstić information content (AvgIpc) is 2.04. The number of thioether (sulfide) groups is 4. The molecule has 0 rings (SSSR count). The first-order chi connectivity index (χ1) is 5.24. The second kappa shape index (κ2) is 6.87. The van der Waals surface area contributed by atoms with Crippen molar-refractivity contribution in [1.29, 1.82) is 0 Å². The van der Waals surface area contributed by atoms with Crippen LogP contribution in [0.25, 0.3) is 0 Å². The van der Waals surface area contributed by atoms with Crippen molar-refractivity contribution < 1.29 is 0 Å². The first kappa shape index (κ1) is 12.4. The van der Waals surface area contributed by atoms with Crippen molar-refractivity contribution in [2.75, 3.05) is 24.0 Å². The Morgan fingerprint density at radius 3 is 1.45 bits per heavy atom. The Kier molecular flexibility index (Phi) is 7.74. The maximum atomic E-state index is 2.22. The molecule has 0 heterocycles. The number of hydrogen-bond acceptors (Lipinski definition) is 4. The molecule has 0 aliphatic heterocycles. The maximum Gasteiger partial charge on any atom is 0.153 e. The molecule has 0 nitrogen and oxygen atoms in total. The topological polar surface area (TPSA) is 0 Å². The standard InChI is InChI=1S/C7H16S4/c1-5-10-7(8-3,9-4)11-6-2/h5-6H2,1-4H3. The van der Waals surface area contributed by atoms with Crippen LogP contribution in [0.1, 0.15) is 13.8 Å². The first-order valence-corrected chi connectivity index (χ1v) is 8.05. The minimum Gasteiger partial charge on any atom is -0.126 e. The molecule has 0 aromatic rings. The fraction of sp³-hybridized carbons (Fsp3) is 1.00. The van der Waals surface area contributed by atoms with Gasteiger partial charge in [0.2, 0.25) is 0 Å². The van der Waals surface area contributed by atoms with E-state index in [0.717, 1.165) is 0 Å². The van der Waals surface area contributed by atoms with Crippen LogP contribution in [-0.4, -0.2) is 26.8 Å². The zero-order valence-electron chi connectivity index (χ0n) is 7.55. The third kappa shape index (κ3) is 4.25. The predicted octanol–water partition coefficient (Wildman–Crippen LogP) is 3.83. The monoisotopic (exact) mass is 228 g/mol. The normalized spacial score (nSPS) is 12.0. The Hall–Kier alpha value is 1.40. The van der Waals surface area contributed by atoms with E-state index in [9.17, 15) is 0 Å². The summed E-state index contributed by atoms with van der Waals surface area (Å²) in [6.45, 7) is 4.45. The van der Waals surface area contributed by atoms with Crippen LogP contribution in [0.15, 0.2) is 0 Å². The summed E-state index contributed by atoms with van der Waals surface area (Å²) in [5.41, 5.74) is 0. The molecule has 68 valence electrons. The lowest BCUT2D eigenvalue weighted by molar-refractivity contribution is 1.50. The third-order valence-electron chi connectivity index (χ3n) is 1.14. The van der Waals surface area contributed by atoms with Gasteiger partial charge in [0.25, 0.3) is 0 Å². The molecule has 11 heavy (non-hydrogen) atoms. The van der Waals surface area contributed by atoms with Crippen molar-refractivity contribution in [2.24, 2.45) is 0 Å². The Bertz CT molecular complexity index is 82.4. The van der Waals surface area contributed by atoms with Crippen LogP contribution >= 0.6 is 47.0 Å². The van der Waals surface area contributed by atoms with Crippen LogP contribution in [0, 0.1) is 0 Å². The van der Waals surface area contributed by atoms with Gasteiger partial charge in [0.15, 0.2) is 2.74 Å². The molecule has 0 spiro atoms. The van der Waals surface area contributed by atoms with Gasteiger partial charge in [-0.15, -0.1) is 47.0 Å². The van der Waals surface area contributed by atoms with Crippen LogP contribution < -0.4 is 0 Å². The zero-order chi connectivity index (χ0) is 8.74. The quantitative estimate of drug-likeness (QED) is 0.633. The van der Waals surface area contributed by atoms with Crippen molar-refractivity contribution in [2.45, 2.75) is 16.6 Å². The third-order valence-corrected chi connectivity index (χ3v) is 8.55. The van der Waals surface area contributed by atoms with Gasteiger partial charge in [0, 0.05) is 0 Å². The Morgan fingerprint density at radius 2 is 1.27 bits per heavy atom. The summed E-state index contributed by atoms with van der Waals surface area (Å²) in [6, 6.07) is 0. The molecule has 0 N–H and O–H groups in total. The van der Waals surface area contributed by atoms with Gasteiger partial charge in [0.05, 0.1) is 0 Å². The highest BCUT2D eigenvalue weighted by molar-refractivity contribution is 8.47. The molecule has 0 fully saturated rings. The maximum absolute atomic E-state index is 2.22. The van der Waals surface area contributed by atoms with Crippen molar-refractivity contribution in [3.8, 4) is 0 Å². The highest BCUT2D eigenvalue weighted by Gasteiger charge is 2.27. The molecule has 0 aromatic heterocycles. The van der Waals surface area contributed by atoms with Crippen LogP contribution in [-0.2, 0) is 0 Å². The fourth-order valence-corrected chi connectivity index (χ4v) is 6.43. The van der Waals surface area contributed by atoms with Gasteiger partial charge in [-0.1, -0.05) is 13.8 Å². The van der Waals surface area contributed by atoms with Crippen LogP contribution in [0.5, 0.6) is 0 Å². The molecule has 0 amide bonds. The zero-order valence-corrected chi connectivity index (χ0v) is 10.8. The van der Waals surface area contributed by atoms with E-state index in [-0.39, 0.29) is 0 Å². The highest BCUT2D eigenvalue weighted by atomic mass is 32.3. The molecule has 0 unspecified atom stereocenters. The molecule has 0 saturated heterocycles. The van der Waals surface area contributed by atoms with Gasteiger partial charge in [-0.25, -0.2) is 0 Å². The van der Waals surface area contributed by atoms with Crippen molar-refractivity contribution >= 4 is 47.0 Å². The molecule has 0 aliphatic rings. The molecule has 0 radical (unpaired) electrons. The molecule has 0 aromatic carbocycles. The van der Waals surface area contributed by atoms with E-state index >= 15 is 0 Å². The fourth-order valence-electron chi connectivity index (χ4n) is 0.714. The molecule has 0 saturated carbocycles. The molecular weight excluding hydrogens is 212 g/mol. The van der Waals surface area contributed by atoms with E-state index in [1.54, 1.807) is 0 Å². The van der Waals surface area contributed by atoms with Gasteiger partial charge in [-0.3, -0.25) is 0 Å². The van der Waals surface area contributed by atoms with Crippen molar-refractivity contribution in [3.05, 3.63) is 0 Å². The summed E-state index contributed by atoms with van der Waals surface area (Å²) < 4.78 is 0.351. The van der Waals surface area contributed by atoms with E-state index < -0.39 is 0 Å². The molecule has 0 aliphatic carbocycles. The first-order valence-electron chi connectivity index (χ1n) is 3.62. The van der Waals surface area contributed by atoms with Crippen LogP contribution in [0.3, 0.4) is 0 Å². The number of hydrogen-bond donors (Lipinski definition) is 0. The molecular formula is C7H16S4. The second-order valence-electron chi connectivity index (χ2n) is 1.77. The Labute approximate surface area is 87.4 Å². The molecule has 0 atom stereocenters. The predicted molar refractivity (Wildman–Crippen MR) is 66.0 cm³/mol. The minimum atomic E-state index is 0.351. The van der Waals surface area contributed by atoms with E-state index in [4.69, 9.17) is 0 Å². The Morgan fingerprint density at radius 1 is 0.909 bits per heavy atom. The lowest BCUT2D eigenvalue weighted by atomic mass is 11.0. The van der Waals surface area contributed by atoms with Gasteiger partial charge < -0.3 is 0 Å². The summed E-state index contributed by atoms with van der Waals surface area (Å²) in [6.07, 6.45) is 4.39. The van der Waals surface area contributed by atoms with E-state index in [0.29, 0.717) is 2.74 Å². The number of rotatable bonds is 6. The van der Waals surface area contributed by atoms with Gasteiger partial charge in [-0.2, -0.15) is 0 Å². The lowest BCUT2D eigenvalue weighted by Gasteiger charge is -2.27.